The largest absolute Gasteiger partial charge is 0.507 e. The van der Waals surface area contributed by atoms with Gasteiger partial charge in [0.15, 0.2) is 0 Å². The maximum absolute atomic E-state index is 11.8. The second-order valence-electron chi connectivity index (χ2n) is 13.4. The number of rotatable bonds is 5. The third kappa shape index (κ3) is 4.44. The summed E-state index contributed by atoms with van der Waals surface area (Å²) in [6.45, 7) is 8.90. The Morgan fingerprint density at radius 1 is 0.895 bits per heavy atom. The fraction of sp³-hybridized carbons (Fsp3) is 0.457. The Morgan fingerprint density at radius 2 is 1.55 bits per heavy atom. The van der Waals surface area contributed by atoms with Gasteiger partial charge in [-0.1, -0.05) is 56.7 Å². The van der Waals surface area contributed by atoms with Crippen molar-refractivity contribution < 1.29 is 9.84 Å². The van der Waals surface area contributed by atoms with E-state index in [1.165, 1.54) is 55.2 Å². The molecule has 0 unspecified atom stereocenters. The average molecular weight is 508 g/mol. The highest BCUT2D eigenvalue weighted by atomic mass is 16.5. The van der Waals surface area contributed by atoms with Crippen LogP contribution in [0, 0.1) is 24.7 Å². The number of hydrogen-bond donors (Lipinski definition) is 1. The minimum atomic E-state index is -0.0141. The number of phenolic OH excluding ortho intramolecular Hbond substituents is 1. The molecule has 0 amide bonds. The van der Waals surface area contributed by atoms with Gasteiger partial charge in [0.1, 0.15) is 11.5 Å². The number of para-hydroxylation sites is 1. The number of hydrogen-bond acceptors (Lipinski definition) is 3. The fourth-order valence-electron chi connectivity index (χ4n) is 8.02. The first-order valence-corrected chi connectivity index (χ1v) is 14.3. The zero-order valence-electron chi connectivity index (χ0n) is 23.6. The molecule has 4 fully saturated rings. The molecule has 3 aromatic rings. The Hall–Kier alpha value is -3.07. The molecule has 3 aromatic carbocycles. The minimum absolute atomic E-state index is 0.0141. The van der Waals surface area contributed by atoms with E-state index in [-0.39, 0.29) is 10.8 Å². The zero-order valence-corrected chi connectivity index (χ0v) is 23.6. The van der Waals surface area contributed by atoms with Gasteiger partial charge < -0.3 is 9.84 Å². The van der Waals surface area contributed by atoms with Gasteiger partial charge in [-0.25, -0.2) is 0 Å². The van der Waals surface area contributed by atoms with Gasteiger partial charge in [0.2, 0.25) is 0 Å². The van der Waals surface area contributed by atoms with Crippen LogP contribution in [0.25, 0.3) is 11.1 Å². The van der Waals surface area contributed by atoms with E-state index in [1.54, 1.807) is 7.11 Å². The van der Waals surface area contributed by atoms with Crippen LogP contribution in [0.5, 0.6) is 11.5 Å². The number of nitrogens with zero attached hydrogens (tertiary/aromatic N) is 1. The van der Waals surface area contributed by atoms with Gasteiger partial charge in [0, 0.05) is 28.5 Å². The van der Waals surface area contributed by atoms with Crippen LogP contribution in [0.1, 0.15) is 81.5 Å². The predicted molar refractivity (Wildman–Crippen MR) is 157 cm³/mol. The maximum atomic E-state index is 11.8. The van der Waals surface area contributed by atoms with Crippen molar-refractivity contribution >= 4 is 11.9 Å². The molecule has 38 heavy (non-hydrogen) atoms. The molecule has 4 bridgehead atoms. The van der Waals surface area contributed by atoms with Crippen molar-refractivity contribution in [2.75, 3.05) is 7.11 Å². The molecule has 4 aliphatic rings. The van der Waals surface area contributed by atoms with Crippen LogP contribution in [0.4, 0.5) is 5.69 Å². The Kier molecular flexibility index (Phi) is 6.17. The first-order chi connectivity index (χ1) is 18.1. The van der Waals surface area contributed by atoms with E-state index in [4.69, 9.17) is 9.73 Å². The van der Waals surface area contributed by atoms with E-state index >= 15 is 0 Å². The number of phenols is 1. The zero-order chi connectivity index (χ0) is 26.7. The quantitative estimate of drug-likeness (QED) is 0.350. The summed E-state index contributed by atoms with van der Waals surface area (Å²) >= 11 is 0. The average Bonchev–Trinajstić information content (AvgIpc) is 2.87. The number of aromatic hydroxyl groups is 1. The van der Waals surface area contributed by atoms with Crippen LogP contribution in [-0.2, 0) is 10.8 Å². The van der Waals surface area contributed by atoms with Crippen molar-refractivity contribution in [2.24, 2.45) is 22.7 Å². The van der Waals surface area contributed by atoms with Gasteiger partial charge >= 0.3 is 0 Å². The molecular formula is C35H41NO2. The number of methoxy groups -OCH3 is 1. The van der Waals surface area contributed by atoms with Gasteiger partial charge in [0.05, 0.1) is 12.8 Å². The SMILES string of the molecule is COc1ccccc1-c1cc(C)ccc1N=Cc1cc(C(C)(C)C)cc(C23CC4CC(CC(C4)C2)C3)c1O. The molecule has 0 heterocycles. The van der Waals surface area contributed by atoms with Crippen LogP contribution < -0.4 is 4.74 Å². The van der Waals surface area contributed by atoms with Crippen LogP contribution in [0.15, 0.2) is 59.6 Å². The Morgan fingerprint density at radius 3 is 2.18 bits per heavy atom. The standard InChI is InChI=1S/C35H41NO2/c1-22-10-11-31(29(12-22)28-8-6-7-9-32(28)38-5)36-21-26-16-27(34(2,3)4)17-30(33(26)37)35-18-23-13-24(19-35)15-25(14-23)20-35/h6-12,16-17,21,23-25,37H,13-15,18-20H2,1-5H3. The van der Waals surface area contributed by atoms with Crippen molar-refractivity contribution in [2.45, 2.75) is 77.0 Å². The summed E-state index contributed by atoms with van der Waals surface area (Å²) < 4.78 is 5.67. The highest BCUT2D eigenvalue weighted by Gasteiger charge is 2.52. The highest BCUT2D eigenvalue weighted by molar-refractivity contribution is 5.90. The molecule has 7 rings (SSSR count). The first kappa shape index (κ1) is 25.2. The lowest BCUT2D eigenvalue weighted by molar-refractivity contribution is -0.00619. The molecule has 0 atom stereocenters. The lowest BCUT2D eigenvalue weighted by atomic mass is 9.47. The highest BCUT2D eigenvalue weighted by Crippen LogP contribution is 2.62. The van der Waals surface area contributed by atoms with E-state index in [0.717, 1.165) is 45.9 Å². The summed E-state index contributed by atoms with van der Waals surface area (Å²) in [5.74, 6) is 3.75. The maximum Gasteiger partial charge on any atom is 0.128 e. The van der Waals surface area contributed by atoms with Gasteiger partial charge in [-0.2, -0.15) is 0 Å². The molecule has 0 aromatic heterocycles. The molecular weight excluding hydrogens is 466 g/mol. The molecule has 0 aliphatic heterocycles. The molecule has 4 saturated carbocycles. The molecule has 0 radical (unpaired) electrons. The van der Waals surface area contributed by atoms with Crippen LogP contribution in [0.3, 0.4) is 0 Å². The third-order valence-corrected chi connectivity index (χ3v) is 9.51. The number of benzene rings is 3. The Balaban J connectivity index is 1.45. The lowest BCUT2D eigenvalue weighted by Crippen LogP contribution is -2.48. The first-order valence-electron chi connectivity index (χ1n) is 14.3. The van der Waals surface area contributed by atoms with E-state index < -0.39 is 0 Å². The van der Waals surface area contributed by atoms with Crippen molar-refractivity contribution in [1.29, 1.82) is 0 Å². The molecule has 1 N–H and O–H groups in total. The fourth-order valence-corrected chi connectivity index (χ4v) is 8.02. The van der Waals surface area contributed by atoms with Crippen molar-refractivity contribution in [3.8, 4) is 22.6 Å². The third-order valence-electron chi connectivity index (χ3n) is 9.51. The molecule has 4 aliphatic carbocycles. The summed E-state index contributed by atoms with van der Waals surface area (Å²) in [5, 5.41) is 11.8. The van der Waals surface area contributed by atoms with E-state index in [0.29, 0.717) is 5.75 Å². The summed E-state index contributed by atoms with van der Waals surface area (Å²) in [5.41, 5.74) is 7.49. The second-order valence-corrected chi connectivity index (χ2v) is 13.4. The molecule has 0 spiro atoms. The van der Waals surface area contributed by atoms with Crippen molar-refractivity contribution in [1.82, 2.24) is 0 Å². The van der Waals surface area contributed by atoms with Gasteiger partial charge in [-0.15, -0.1) is 0 Å². The Labute approximate surface area is 228 Å². The van der Waals surface area contributed by atoms with E-state index in [1.807, 2.05) is 24.4 Å². The van der Waals surface area contributed by atoms with E-state index in [9.17, 15) is 5.11 Å². The monoisotopic (exact) mass is 507 g/mol. The molecule has 3 heteroatoms. The van der Waals surface area contributed by atoms with Crippen LogP contribution >= 0.6 is 0 Å². The van der Waals surface area contributed by atoms with Crippen LogP contribution in [0.2, 0.25) is 0 Å². The van der Waals surface area contributed by atoms with Gasteiger partial charge in [-0.05, 0) is 104 Å². The van der Waals surface area contributed by atoms with Gasteiger partial charge in [0.25, 0.3) is 0 Å². The number of aryl methyl sites for hydroxylation is 1. The molecule has 3 nitrogen and oxygen atoms in total. The summed E-state index contributed by atoms with van der Waals surface area (Å²) in [6.07, 6.45) is 9.76. The summed E-state index contributed by atoms with van der Waals surface area (Å²) in [7, 11) is 1.71. The molecule has 198 valence electrons. The second kappa shape index (κ2) is 9.29. The van der Waals surface area contributed by atoms with Crippen LogP contribution in [-0.4, -0.2) is 18.4 Å². The normalized spacial score (nSPS) is 26.3. The number of aliphatic imine (C=N–C) groups is 1. The predicted octanol–water partition coefficient (Wildman–Crippen LogP) is 8.89. The Bertz CT molecular complexity index is 1360. The topological polar surface area (TPSA) is 41.8 Å². The van der Waals surface area contributed by atoms with Crippen molar-refractivity contribution in [3.05, 3.63) is 76.9 Å². The van der Waals surface area contributed by atoms with Gasteiger partial charge in [-0.3, -0.25) is 4.99 Å². The smallest absolute Gasteiger partial charge is 0.128 e. The lowest BCUT2D eigenvalue weighted by Gasteiger charge is -2.57. The summed E-state index contributed by atoms with van der Waals surface area (Å²) in [4.78, 5) is 5.00. The van der Waals surface area contributed by atoms with E-state index in [2.05, 4.69) is 64.1 Å². The summed E-state index contributed by atoms with van der Waals surface area (Å²) in [6, 6.07) is 18.9. The molecule has 0 saturated heterocycles. The number of ether oxygens (including phenoxy) is 1. The minimum Gasteiger partial charge on any atom is -0.507 e. The van der Waals surface area contributed by atoms with Crippen molar-refractivity contribution in [3.63, 3.8) is 0 Å².